The van der Waals surface area contributed by atoms with Crippen LogP contribution < -0.4 is 0 Å². The molecule has 0 amide bonds. The number of rotatable bonds is 4. The summed E-state index contributed by atoms with van der Waals surface area (Å²) in [5, 5.41) is 10.3. The standard InChI is InChI=1S/C17H24O/c1-13(7-8-14-5-3-2-4-6-14)17-10-9-15(12-17)11-16(17)18/h2-6,13,15-16,18H,7-12H2,1H3. The lowest BCUT2D eigenvalue weighted by atomic mass is 9.70. The number of aliphatic hydroxyl groups excluding tert-OH is 1. The fourth-order valence-corrected chi connectivity index (χ4v) is 4.36. The van der Waals surface area contributed by atoms with E-state index >= 15 is 0 Å². The Morgan fingerprint density at radius 2 is 2.11 bits per heavy atom. The van der Waals surface area contributed by atoms with E-state index in [-0.39, 0.29) is 11.5 Å². The first kappa shape index (κ1) is 12.2. The Morgan fingerprint density at radius 1 is 1.33 bits per heavy atom. The van der Waals surface area contributed by atoms with Crippen LogP contribution in [0.1, 0.15) is 44.6 Å². The molecule has 1 heteroatoms. The molecule has 0 heterocycles. The van der Waals surface area contributed by atoms with Gasteiger partial charge in [0, 0.05) is 0 Å². The maximum absolute atomic E-state index is 10.3. The number of aliphatic hydroxyl groups is 1. The summed E-state index contributed by atoms with van der Waals surface area (Å²) in [6.45, 7) is 2.36. The molecule has 2 fully saturated rings. The van der Waals surface area contributed by atoms with E-state index in [1.807, 2.05) is 0 Å². The van der Waals surface area contributed by atoms with Crippen molar-refractivity contribution in [2.24, 2.45) is 17.3 Å². The minimum Gasteiger partial charge on any atom is -0.393 e. The van der Waals surface area contributed by atoms with Crippen molar-refractivity contribution in [2.45, 2.75) is 51.6 Å². The van der Waals surface area contributed by atoms with Crippen molar-refractivity contribution >= 4 is 0 Å². The van der Waals surface area contributed by atoms with E-state index in [0.29, 0.717) is 5.92 Å². The third-order valence-corrected chi connectivity index (χ3v) is 5.60. The van der Waals surface area contributed by atoms with Gasteiger partial charge in [-0.25, -0.2) is 0 Å². The summed E-state index contributed by atoms with van der Waals surface area (Å²) in [4.78, 5) is 0. The van der Waals surface area contributed by atoms with E-state index in [4.69, 9.17) is 0 Å². The molecule has 0 aliphatic heterocycles. The summed E-state index contributed by atoms with van der Waals surface area (Å²) in [7, 11) is 0. The van der Waals surface area contributed by atoms with Gasteiger partial charge < -0.3 is 5.11 Å². The summed E-state index contributed by atoms with van der Waals surface area (Å²) in [5.74, 6) is 1.47. The molecule has 4 atom stereocenters. The molecule has 2 saturated carbocycles. The van der Waals surface area contributed by atoms with Crippen molar-refractivity contribution in [3.8, 4) is 0 Å². The molecule has 0 saturated heterocycles. The second-order valence-electron chi connectivity index (χ2n) is 6.52. The first-order valence-corrected chi connectivity index (χ1v) is 7.43. The van der Waals surface area contributed by atoms with Crippen LogP contribution in [0.2, 0.25) is 0 Å². The van der Waals surface area contributed by atoms with Crippen LogP contribution in [0, 0.1) is 17.3 Å². The van der Waals surface area contributed by atoms with Gasteiger partial charge in [0.1, 0.15) is 0 Å². The molecule has 1 N–H and O–H groups in total. The van der Waals surface area contributed by atoms with E-state index in [0.717, 1.165) is 18.8 Å². The summed E-state index contributed by atoms with van der Waals surface area (Å²) in [5.41, 5.74) is 1.70. The number of benzene rings is 1. The van der Waals surface area contributed by atoms with Gasteiger partial charge in [-0.2, -0.15) is 0 Å². The van der Waals surface area contributed by atoms with E-state index in [2.05, 4.69) is 37.3 Å². The van der Waals surface area contributed by atoms with Gasteiger partial charge in [0.15, 0.2) is 0 Å². The lowest BCUT2D eigenvalue weighted by molar-refractivity contribution is -0.000224. The van der Waals surface area contributed by atoms with E-state index in [1.54, 1.807) is 0 Å². The topological polar surface area (TPSA) is 20.2 Å². The molecule has 4 unspecified atom stereocenters. The highest BCUT2D eigenvalue weighted by Gasteiger charge is 2.53. The Kier molecular flexibility index (Phi) is 3.19. The highest BCUT2D eigenvalue weighted by atomic mass is 16.3. The Hall–Kier alpha value is -0.820. The Bertz CT molecular complexity index is 399. The zero-order valence-corrected chi connectivity index (χ0v) is 11.3. The molecule has 3 rings (SSSR count). The Balaban J connectivity index is 1.63. The second-order valence-corrected chi connectivity index (χ2v) is 6.52. The number of aryl methyl sites for hydroxylation is 1. The van der Waals surface area contributed by atoms with E-state index in [1.165, 1.54) is 31.2 Å². The predicted molar refractivity (Wildman–Crippen MR) is 74.3 cm³/mol. The first-order valence-electron chi connectivity index (χ1n) is 7.43. The number of hydrogen-bond donors (Lipinski definition) is 1. The van der Waals surface area contributed by atoms with Gasteiger partial charge in [-0.3, -0.25) is 0 Å². The monoisotopic (exact) mass is 244 g/mol. The molecule has 0 aromatic heterocycles. The van der Waals surface area contributed by atoms with Gasteiger partial charge in [0.2, 0.25) is 0 Å². The molecule has 1 aromatic rings. The molecule has 1 nitrogen and oxygen atoms in total. The van der Waals surface area contributed by atoms with Gasteiger partial charge in [-0.05, 0) is 61.3 Å². The third-order valence-electron chi connectivity index (χ3n) is 5.60. The Labute approximate surface area is 110 Å². The number of fused-ring (bicyclic) bond motifs is 2. The van der Waals surface area contributed by atoms with E-state index in [9.17, 15) is 5.11 Å². The van der Waals surface area contributed by atoms with Crippen LogP contribution in [0.15, 0.2) is 30.3 Å². The van der Waals surface area contributed by atoms with Gasteiger partial charge >= 0.3 is 0 Å². The maximum atomic E-state index is 10.3. The molecular formula is C17H24O. The Morgan fingerprint density at radius 3 is 2.72 bits per heavy atom. The average molecular weight is 244 g/mol. The summed E-state index contributed by atoms with van der Waals surface area (Å²) < 4.78 is 0. The van der Waals surface area contributed by atoms with Gasteiger partial charge in [-0.1, -0.05) is 37.3 Å². The van der Waals surface area contributed by atoms with Crippen LogP contribution in [0.4, 0.5) is 0 Å². The molecule has 2 aliphatic carbocycles. The second kappa shape index (κ2) is 4.70. The SMILES string of the molecule is CC(CCc1ccccc1)C12CCC(CC1O)C2. The van der Waals surface area contributed by atoms with Gasteiger partial charge in [0.25, 0.3) is 0 Å². The zero-order valence-electron chi connectivity index (χ0n) is 11.3. The smallest absolute Gasteiger partial charge is 0.0601 e. The molecule has 0 spiro atoms. The van der Waals surface area contributed by atoms with Crippen LogP contribution >= 0.6 is 0 Å². The highest BCUT2D eigenvalue weighted by molar-refractivity contribution is 5.15. The molecule has 2 bridgehead atoms. The fraction of sp³-hybridized carbons (Fsp3) is 0.647. The van der Waals surface area contributed by atoms with Crippen molar-refractivity contribution in [1.82, 2.24) is 0 Å². The van der Waals surface area contributed by atoms with Gasteiger partial charge in [-0.15, -0.1) is 0 Å². The van der Waals surface area contributed by atoms with Crippen LogP contribution in [0.3, 0.4) is 0 Å². The minimum atomic E-state index is -0.0259. The molecule has 0 radical (unpaired) electrons. The van der Waals surface area contributed by atoms with Crippen molar-refractivity contribution in [3.63, 3.8) is 0 Å². The van der Waals surface area contributed by atoms with Crippen molar-refractivity contribution < 1.29 is 5.11 Å². The van der Waals surface area contributed by atoms with Gasteiger partial charge in [0.05, 0.1) is 6.10 Å². The van der Waals surface area contributed by atoms with Crippen LogP contribution in [0.5, 0.6) is 0 Å². The lowest BCUT2D eigenvalue weighted by Crippen LogP contribution is -2.36. The first-order chi connectivity index (χ1) is 8.71. The summed E-state index contributed by atoms with van der Waals surface area (Å²) >= 11 is 0. The molecule has 98 valence electrons. The van der Waals surface area contributed by atoms with E-state index < -0.39 is 0 Å². The summed E-state index contributed by atoms with van der Waals surface area (Å²) in [6, 6.07) is 10.7. The quantitative estimate of drug-likeness (QED) is 0.854. The largest absolute Gasteiger partial charge is 0.393 e. The molecule has 1 aromatic carbocycles. The van der Waals surface area contributed by atoms with Crippen LogP contribution in [-0.2, 0) is 6.42 Å². The zero-order chi connectivity index (χ0) is 12.6. The number of hydrogen-bond acceptors (Lipinski definition) is 1. The minimum absolute atomic E-state index is 0.0259. The van der Waals surface area contributed by atoms with Crippen molar-refractivity contribution in [1.29, 1.82) is 0 Å². The fourth-order valence-electron chi connectivity index (χ4n) is 4.36. The third kappa shape index (κ3) is 1.99. The van der Waals surface area contributed by atoms with Crippen LogP contribution in [-0.4, -0.2) is 11.2 Å². The van der Waals surface area contributed by atoms with Crippen LogP contribution in [0.25, 0.3) is 0 Å². The lowest BCUT2D eigenvalue weighted by Gasteiger charge is -2.37. The molecular weight excluding hydrogens is 220 g/mol. The summed E-state index contributed by atoms with van der Waals surface area (Å²) in [6.07, 6.45) is 7.30. The molecule has 2 aliphatic rings. The predicted octanol–water partition coefficient (Wildman–Crippen LogP) is 3.81. The molecule has 18 heavy (non-hydrogen) atoms. The maximum Gasteiger partial charge on any atom is 0.0601 e. The van der Waals surface area contributed by atoms with Crippen molar-refractivity contribution in [2.75, 3.05) is 0 Å². The highest BCUT2D eigenvalue weighted by Crippen LogP contribution is 2.58. The van der Waals surface area contributed by atoms with Crippen molar-refractivity contribution in [3.05, 3.63) is 35.9 Å². The average Bonchev–Trinajstić information content (AvgIpc) is 2.95. The normalized spacial score (nSPS) is 35.9.